The number of halogens is 2. The van der Waals surface area contributed by atoms with E-state index in [2.05, 4.69) is 15.3 Å². The molecule has 6 atom stereocenters. The Morgan fingerprint density at radius 3 is 2.61 bits per heavy atom. The van der Waals surface area contributed by atoms with Gasteiger partial charge >= 0.3 is 6.09 Å². The number of carbonyl (C=O) groups excluding carboxylic acids is 3. The molecule has 11 nitrogen and oxygen atoms in total. The summed E-state index contributed by atoms with van der Waals surface area (Å²) in [5, 5.41) is 2.73. The highest BCUT2D eigenvalue weighted by atomic mass is 19.3. The number of aromatic nitrogens is 2. The molecule has 1 saturated carbocycles. The summed E-state index contributed by atoms with van der Waals surface area (Å²) in [4.78, 5) is 49.6. The zero-order chi connectivity index (χ0) is 32.0. The Morgan fingerprint density at radius 1 is 1.20 bits per heavy atom. The fourth-order valence-electron chi connectivity index (χ4n) is 6.06. The lowest BCUT2D eigenvalue weighted by Crippen LogP contribution is -2.56. The number of fused-ring (bicyclic) bond motifs is 5. The van der Waals surface area contributed by atoms with Crippen LogP contribution in [-0.2, 0) is 25.0 Å². The molecule has 240 valence electrons. The van der Waals surface area contributed by atoms with Gasteiger partial charge in [0.25, 0.3) is 5.92 Å². The first-order valence-corrected chi connectivity index (χ1v) is 14.9. The molecule has 2 amide bonds. The van der Waals surface area contributed by atoms with Gasteiger partial charge in [-0.15, -0.1) is 0 Å². The van der Waals surface area contributed by atoms with Crippen LogP contribution in [0.25, 0.3) is 11.0 Å². The second-order valence-corrected chi connectivity index (χ2v) is 13.2. The third-order valence-electron chi connectivity index (χ3n) is 8.93. The first-order valence-electron chi connectivity index (χ1n) is 14.9. The van der Waals surface area contributed by atoms with E-state index < -0.39 is 65.2 Å². The van der Waals surface area contributed by atoms with Gasteiger partial charge in [-0.05, 0) is 37.3 Å². The largest absolute Gasteiger partial charge is 0.497 e. The molecule has 1 saturated heterocycles. The van der Waals surface area contributed by atoms with Crippen molar-refractivity contribution < 1.29 is 42.1 Å². The number of alkyl carbamates (subject to hydrolysis) is 1. The number of amides is 2. The van der Waals surface area contributed by atoms with E-state index in [0.717, 1.165) is 0 Å². The number of hydrogen-bond donors (Lipinski definition) is 1. The van der Waals surface area contributed by atoms with Crippen LogP contribution in [0.5, 0.6) is 11.6 Å². The minimum absolute atomic E-state index is 0.0875. The molecule has 1 aromatic carbocycles. The summed E-state index contributed by atoms with van der Waals surface area (Å²) in [7, 11) is 1.48. The summed E-state index contributed by atoms with van der Waals surface area (Å²) < 4.78 is 54.5. The number of nitrogens with zero attached hydrogens (tertiary/aromatic N) is 3. The molecular formula is C31H40F2N4O7. The fraction of sp³-hybridized carbons (Fsp3) is 0.645. The van der Waals surface area contributed by atoms with Gasteiger partial charge in [0.2, 0.25) is 11.8 Å². The molecular weight excluding hydrogens is 578 g/mol. The van der Waals surface area contributed by atoms with Crippen LogP contribution in [0.3, 0.4) is 0 Å². The average Bonchev–Trinajstić information content (AvgIpc) is 3.45. The van der Waals surface area contributed by atoms with E-state index in [9.17, 15) is 14.4 Å². The lowest BCUT2D eigenvalue weighted by Gasteiger charge is -2.35. The first kappa shape index (κ1) is 31.8. The van der Waals surface area contributed by atoms with Crippen molar-refractivity contribution in [3.63, 3.8) is 0 Å². The molecule has 5 rings (SSSR count). The van der Waals surface area contributed by atoms with Crippen molar-refractivity contribution in [1.29, 1.82) is 0 Å². The Kier molecular flexibility index (Phi) is 8.47. The number of rotatable bonds is 3. The van der Waals surface area contributed by atoms with Crippen LogP contribution in [0, 0.1) is 17.3 Å². The van der Waals surface area contributed by atoms with Crippen molar-refractivity contribution in [2.75, 3.05) is 26.9 Å². The van der Waals surface area contributed by atoms with Crippen molar-refractivity contribution in [1.82, 2.24) is 20.2 Å². The monoisotopic (exact) mass is 618 g/mol. The number of carbonyl (C=O) groups is 3. The summed E-state index contributed by atoms with van der Waals surface area (Å²) in [6, 6.07) is 2.76. The second-order valence-electron chi connectivity index (χ2n) is 13.2. The molecule has 2 aromatic rings. The van der Waals surface area contributed by atoms with E-state index in [-0.39, 0.29) is 42.6 Å². The van der Waals surface area contributed by atoms with Crippen LogP contribution < -0.4 is 14.8 Å². The highest BCUT2D eigenvalue weighted by molar-refractivity contribution is 5.89. The molecule has 3 heterocycles. The number of aldehydes is 1. The van der Waals surface area contributed by atoms with Gasteiger partial charge in [0.1, 0.15) is 29.8 Å². The minimum atomic E-state index is -3.48. The van der Waals surface area contributed by atoms with Gasteiger partial charge in [0, 0.05) is 24.3 Å². The molecule has 44 heavy (non-hydrogen) atoms. The van der Waals surface area contributed by atoms with Crippen LogP contribution in [-0.4, -0.2) is 83.8 Å². The molecule has 2 bridgehead atoms. The fourth-order valence-corrected chi connectivity index (χ4v) is 6.06. The zero-order valence-electron chi connectivity index (χ0n) is 25.9. The molecule has 0 unspecified atom stereocenters. The Labute approximate surface area is 255 Å². The first-order chi connectivity index (χ1) is 20.7. The number of ether oxygens (including phenoxy) is 4. The lowest BCUT2D eigenvalue weighted by molar-refractivity contribution is -0.139. The van der Waals surface area contributed by atoms with E-state index in [1.54, 1.807) is 45.9 Å². The number of nitrogens with one attached hydrogen (secondary N) is 1. The third kappa shape index (κ3) is 6.15. The quantitative estimate of drug-likeness (QED) is 0.502. The van der Waals surface area contributed by atoms with Crippen molar-refractivity contribution >= 4 is 29.3 Å². The van der Waals surface area contributed by atoms with Gasteiger partial charge in [-0.25, -0.2) is 14.8 Å². The number of benzene rings is 1. The molecule has 0 spiro atoms. The number of alkyl halides is 2. The molecule has 0 radical (unpaired) electrons. The van der Waals surface area contributed by atoms with Crippen LogP contribution in [0.4, 0.5) is 13.6 Å². The molecule has 2 aliphatic heterocycles. The van der Waals surface area contributed by atoms with Crippen LogP contribution in [0.1, 0.15) is 59.6 Å². The highest BCUT2D eigenvalue weighted by Crippen LogP contribution is 2.47. The van der Waals surface area contributed by atoms with Gasteiger partial charge < -0.3 is 34.0 Å². The summed E-state index contributed by atoms with van der Waals surface area (Å²) >= 11 is 0. The lowest BCUT2D eigenvalue weighted by atomic mass is 9.85. The van der Waals surface area contributed by atoms with E-state index in [0.29, 0.717) is 24.9 Å². The van der Waals surface area contributed by atoms with Crippen LogP contribution in [0.2, 0.25) is 0 Å². The van der Waals surface area contributed by atoms with Crippen molar-refractivity contribution in [3.05, 3.63) is 23.9 Å². The topological polar surface area (TPSA) is 129 Å². The third-order valence-corrected chi connectivity index (χ3v) is 8.93. The van der Waals surface area contributed by atoms with E-state index in [1.165, 1.54) is 12.0 Å². The highest BCUT2D eigenvalue weighted by Gasteiger charge is 2.55. The molecule has 2 fully saturated rings. The molecule has 1 aromatic heterocycles. The predicted molar refractivity (Wildman–Crippen MR) is 155 cm³/mol. The smallest absolute Gasteiger partial charge is 0.408 e. The number of methoxy groups -OCH3 is 1. The Bertz CT molecular complexity index is 1430. The van der Waals surface area contributed by atoms with Gasteiger partial charge in [0.05, 0.1) is 43.9 Å². The maximum Gasteiger partial charge on any atom is 0.408 e. The molecule has 1 aliphatic carbocycles. The maximum absolute atomic E-state index is 15.9. The van der Waals surface area contributed by atoms with Crippen molar-refractivity contribution in [2.45, 2.75) is 83.6 Å². The van der Waals surface area contributed by atoms with E-state index >= 15 is 8.78 Å². The van der Waals surface area contributed by atoms with E-state index in [4.69, 9.17) is 18.9 Å². The minimum Gasteiger partial charge on any atom is -0.497 e. The van der Waals surface area contributed by atoms with E-state index in [1.807, 2.05) is 6.92 Å². The van der Waals surface area contributed by atoms with Gasteiger partial charge in [-0.2, -0.15) is 8.78 Å². The van der Waals surface area contributed by atoms with Crippen molar-refractivity contribution in [3.8, 4) is 11.6 Å². The summed E-state index contributed by atoms with van der Waals surface area (Å²) in [5.74, 6) is -4.64. The summed E-state index contributed by atoms with van der Waals surface area (Å²) in [5.41, 5.74) is -1.75. The second kappa shape index (κ2) is 11.7. The van der Waals surface area contributed by atoms with Gasteiger partial charge in [0.15, 0.2) is 5.69 Å². The van der Waals surface area contributed by atoms with Crippen LogP contribution in [0.15, 0.2) is 18.2 Å². The summed E-state index contributed by atoms with van der Waals surface area (Å²) in [6.07, 6.45) is -0.774. The maximum atomic E-state index is 15.9. The normalized spacial score (nSPS) is 31.0. The Morgan fingerprint density at radius 2 is 1.95 bits per heavy atom. The summed E-state index contributed by atoms with van der Waals surface area (Å²) in [6.45, 7) is 8.69. The predicted octanol–water partition coefficient (Wildman–Crippen LogP) is 4.25. The van der Waals surface area contributed by atoms with Gasteiger partial charge in [-0.1, -0.05) is 27.7 Å². The average molecular weight is 619 g/mol. The standard InChI is InChI=1S/C31H40F2N4O7/c1-7-19-22(15-38)37-14-23(19)43-26-24(34-20-9-8-18(41-6)12-21(20)35-26)31(32,33)10-11-42-16-17-13-30(17,5)44-28(40)36-25(27(37)39)29(2,3)4/h8-9,12,15,17,19,22-23,25H,7,10-11,13-14,16H2,1-6H3,(H,36,40)/t17-,19-,22+,23-,25+,30+/m0/s1. The Balaban J connectivity index is 1.58. The zero-order valence-corrected chi connectivity index (χ0v) is 25.9. The Hall–Kier alpha value is -3.61. The van der Waals surface area contributed by atoms with Crippen LogP contribution >= 0.6 is 0 Å². The van der Waals surface area contributed by atoms with Gasteiger partial charge in [-0.3, -0.25) is 4.79 Å². The SMILES string of the molecule is CC[C@@H]1[C@@H]2CN(C(=O)[C@H](C(C)(C)C)NC(=O)O[C@]3(C)C[C@H]3COCCC(F)(F)c3nc4ccc(OC)cc4nc3O2)[C@@H]1C=O. The molecule has 13 heteroatoms. The molecule has 3 aliphatic rings. The number of hydrogen-bond acceptors (Lipinski definition) is 9. The van der Waals surface area contributed by atoms with Crippen molar-refractivity contribution in [2.24, 2.45) is 17.3 Å². The molecule has 1 N–H and O–H groups in total.